The Labute approximate surface area is 138 Å². The molecule has 1 aliphatic rings. The Balaban J connectivity index is 2.48. The van der Waals surface area contributed by atoms with Gasteiger partial charge >= 0.3 is 5.97 Å². The number of carboxylic acids is 1. The molecule has 0 aromatic rings. The predicted octanol–water partition coefficient (Wildman–Crippen LogP) is 2.69. The van der Waals surface area contributed by atoms with E-state index in [0.717, 1.165) is 19.3 Å². The van der Waals surface area contributed by atoms with Gasteiger partial charge in [-0.1, -0.05) is 44.8 Å². The zero-order chi connectivity index (χ0) is 17.2. The van der Waals surface area contributed by atoms with Crippen LogP contribution in [0.15, 0.2) is 12.2 Å². The number of unbranched alkanes of at least 4 members (excludes halogenated alkanes) is 3. The highest BCUT2D eigenvalue weighted by Crippen LogP contribution is 2.34. The van der Waals surface area contributed by atoms with Crippen LogP contribution in [0.2, 0.25) is 0 Å². The summed E-state index contributed by atoms with van der Waals surface area (Å²) in [7, 11) is 0. The van der Waals surface area contributed by atoms with E-state index < -0.39 is 18.2 Å². The van der Waals surface area contributed by atoms with Crippen molar-refractivity contribution in [2.24, 2.45) is 11.8 Å². The van der Waals surface area contributed by atoms with Crippen LogP contribution >= 0.6 is 0 Å². The zero-order valence-corrected chi connectivity index (χ0v) is 14.0. The summed E-state index contributed by atoms with van der Waals surface area (Å²) in [6.45, 7) is 2.11. The molecule has 5 heteroatoms. The SMILES string of the molecule is CCCCC[C@@H](O)/C=C/[C@@H]1[C@H](CCCCC(=O)O)C(=O)C[C@@H]1O. The molecule has 0 amide bonds. The van der Waals surface area contributed by atoms with Crippen LogP contribution in [0.3, 0.4) is 0 Å². The molecule has 1 aliphatic carbocycles. The molecule has 132 valence electrons. The highest BCUT2D eigenvalue weighted by atomic mass is 16.4. The van der Waals surface area contributed by atoms with E-state index in [0.29, 0.717) is 25.7 Å². The number of Topliss-reactive ketones (excluding diaryl/α,β-unsaturated/α-hetero) is 1. The Hall–Kier alpha value is -1.20. The molecule has 0 heterocycles. The molecule has 0 aromatic heterocycles. The first-order valence-electron chi connectivity index (χ1n) is 8.74. The molecule has 0 saturated heterocycles. The zero-order valence-electron chi connectivity index (χ0n) is 14.0. The third-order valence-corrected chi connectivity index (χ3v) is 4.55. The topological polar surface area (TPSA) is 94.8 Å². The van der Waals surface area contributed by atoms with E-state index in [9.17, 15) is 19.8 Å². The Bertz CT molecular complexity index is 404. The maximum Gasteiger partial charge on any atom is 0.303 e. The number of aliphatic hydroxyl groups is 2. The lowest BCUT2D eigenvalue weighted by atomic mass is 9.88. The lowest BCUT2D eigenvalue weighted by Crippen LogP contribution is -2.19. The number of hydrogen-bond donors (Lipinski definition) is 3. The van der Waals surface area contributed by atoms with Gasteiger partial charge in [-0.25, -0.2) is 0 Å². The summed E-state index contributed by atoms with van der Waals surface area (Å²) in [4.78, 5) is 22.5. The van der Waals surface area contributed by atoms with Crippen LogP contribution < -0.4 is 0 Å². The van der Waals surface area contributed by atoms with Gasteiger partial charge < -0.3 is 15.3 Å². The molecule has 0 aliphatic heterocycles. The number of rotatable bonds is 11. The normalized spacial score (nSPS) is 26.0. The van der Waals surface area contributed by atoms with Gasteiger partial charge in [0, 0.05) is 24.7 Å². The summed E-state index contributed by atoms with van der Waals surface area (Å²) in [5.41, 5.74) is 0. The maximum absolute atomic E-state index is 12.0. The highest BCUT2D eigenvalue weighted by molar-refractivity contribution is 5.84. The van der Waals surface area contributed by atoms with E-state index in [1.165, 1.54) is 0 Å². The summed E-state index contributed by atoms with van der Waals surface area (Å²) in [5.74, 6) is -1.29. The maximum atomic E-state index is 12.0. The van der Waals surface area contributed by atoms with Gasteiger partial charge in [-0.05, 0) is 19.3 Å². The van der Waals surface area contributed by atoms with Gasteiger partial charge in [0.1, 0.15) is 5.78 Å². The van der Waals surface area contributed by atoms with E-state index in [1.807, 2.05) is 0 Å². The van der Waals surface area contributed by atoms with Crippen LogP contribution in [-0.2, 0) is 9.59 Å². The van der Waals surface area contributed by atoms with Gasteiger partial charge in [0.2, 0.25) is 0 Å². The quantitative estimate of drug-likeness (QED) is 0.401. The lowest BCUT2D eigenvalue weighted by molar-refractivity contribution is -0.137. The molecule has 23 heavy (non-hydrogen) atoms. The van der Waals surface area contributed by atoms with Crippen LogP contribution in [0, 0.1) is 11.8 Å². The number of aliphatic hydroxyl groups excluding tert-OH is 2. The first-order valence-corrected chi connectivity index (χ1v) is 8.74. The van der Waals surface area contributed by atoms with Crippen molar-refractivity contribution in [3.8, 4) is 0 Å². The van der Waals surface area contributed by atoms with E-state index >= 15 is 0 Å². The second-order valence-electron chi connectivity index (χ2n) is 6.51. The first kappa shape index (κ1) is 19.8. The molecule has 0 spiro atoms. The second kappa shape index (κ2) is 10.6. The van der Waals surface area contributed by atoms with Crippen molar-refractivity contribution in [2.75, 3.05) is 0 Å². The largest absolute Gasteiger partial charge is 0.481 e. The van der Waals surface area contributed by atoms with Gasteiger partial charge in [-0.15, -0.1) is 0 Å². The molecule has 4 atom stereocenters. The van der Waals surface area contributed by atoms with Crippen LogP contribution in [0.1, 0.15) is 64.7 Å². The minimum atomic E-state index is -0.825. The Kier molecular flexibility index (Phi) is 9.10. The van der Waals surface area contributed by atoms with Gasteiger partial charge in [0.05, 0.1) is 12.2 Å². The van der Waals surface area contributed by atoms with Crippen molar-refractivity contribution >= 4 is 11.8 Å². The van der Waals surface area contributed by atoms with E-state index in [2.05, 4.69) is 6.92 Å². The van der Waals surface area contributed by atoms with Crippen molar-refractivity contribution in [1.29, 1.82) is 0 Å². The Morgan fingerprint density at radius 1 is 1.30 bits per heavy atom. The van der Waals surface area contributed by atoms with Gasteiger partial charge in [0.15, 0.2) is 0 Å². The van der Waals surface area contributed by atoms with Crippen LogP contribution in [0.25, 0.3) is 0 Å². The average molecular weight is 326 g/mol. The van der Waals surface area contributed by atoms with Gasteiger partial charge in [0.25, 0.3) is 0 Å². The summed E-state index contributed by atoms with van der Waals surface area (Å²) < 4.78 is 0. The van der Waals surface area contributed by atoms with Crippen molar-refractivity contribution < 1.29 is 24.9 Å². The molecule has 1 rings (SSSR count). The fraction of sp³-hybridized carbons (Fsp3) is 0.778. The molecule has 0 unspecified atom stereocenters. The monoisotopic (exact) mass is 326 g/mol. The third-order valence-electron chi connectivity index (χ3n) is 4.55. The summed E-state index contributed by atoms with van der Waals surface area (Å²) in [6.07, 6.45) is 8.20. The summed E-state index contributed by atoms with van der Waals surface area (Å²) in [5, 5.41) is 28.6. The number of hydrogen-bond acceptors (Lipinski definition) is 4. The molecule has 0 aromatic carbocycles. The highest BCUT2D eigenvalue weighted by Gasteiger charge is 2.39. The van der Waals surface area contributed by atoms with Gasteiger partial charge in [-0.3, -0.25) is 9.59 Å². The predicted molar refractivity (Wildman–Crippen MR) is 88.0 cm³/mol. The van der Waals surface area contributed by atoms with E-state index in [-0.39, 0.29) is 30.5 Å². The first-order chi connectivity index (χ1) is 11.0. The molecule has 0 radical (unpaired) electrons. The van der Waals surface area contributed by atoms with E-state index in [4.69, 9.17) is 5.11 Å². The van der Waals surface area contributed by atoms with Crippen molar-refractivity contribution in [1.82, 2.24) is 0 Å². The molecule has 1 fully saturated rings. The van der Waals surface area contributed by atoms with Gasteiger partial charge in [-0.2, -0.15) is 0 Å². The number of carbonyl (C=O) groups is 2. The van der Waals surface area contributed by atoms with Crippen molar-refractivity contribution in [3.63, 3.8) is 0 Å². The smallest absolute Gasteiger partial charge is 0.303 e. The minimum Gasteiger partial charge on any atom is -0.481 e. The minimum absolute atomic E-state index is 0.0444. The molecular formula is C18H30O5. The lowest BCUT2D eigenvalue weighted by Gasteiger charge is -2.18. The number of carboxylic acid groups (broad SMARTS) is 1. The summed E-state index contributed by atoms with van der Waals surface area (Å²) >= 11 is 0. The third kappa shape index (κ3) is 7.27. The van der Waals surface area contributed by atoms with Crippen LogP contribution in [-0.4, -0.2) is 39.3 Å². The standard InChI is InChI=1S/C18H30O5/c1-2-3-4-7-13(19)10-11-15-14(16(20)12-17(15)21)8-5-6-9-18(22)23/h10-11,13-15,17,19,21H,2-9,12H2,1H3,(H,22,23)/b11-10+/t13-,14+,15-,17+/m1/s1. The number of aliphatic carboxylic acids is 1. The van der Waals surface area contributed by atoms with E-state index in [1.54, 1.807) is 12.2 Å². The van der Waals surface area contributed by atoms with Crippen molar-refractivity contribution in [2.45, 2.75) is 76.9 Å². The average Bonchev–Trinajstić information content (AvgIpc) is 2.75. The Morgan fingerprint density at radius 2 is 2.04 bits per heavy atom. The number of ketones is 1. The molecular weight excluding hydrogens is 296 g/mol. The fourth-order valence-electron chi connectivity index (χ4n) is 3.19. The fourth-order valence-corrected chi connectivity index (χ4v) is 3.19. The Morgan fingerprint density at radius 3 is 2.70 bits per heavy atom. The molecule has 3 N–H and O–H groups in total. The van der Waals surface area contributed by atoms with Crippen LogP contribution in [0.4, 0.5) is 0 Å². The second-order valence-corrected chi connectivity index (χ2v) is 6.51. The number of carbonyl (C=O) groups excluding carboxylic acids is 1. The summed E-state index contributed by atoms with van der Waals surface area (Å²) in [6, 6.07) is 0. The van der Waals surface area contributed by atoms with Crippen molar-refractivity contribution in [3.05, 3.63) is 12.2 Å². The van der Waals surface area contributed by atoms with Crippen LogP contribution in [0.5, 0.6) is 0 Å². The molecule has 5 nitrogen and oxygen atoms in total. The molecule has 1 saturated carbocycles. The molecule has 0 bridgehead atoms.